The van der Waals surface area contributed by atoms with Crippen LogP contribution in [0.5, 0.6) is 0 Å². The van der Waals surface area contributed by atoms with E-state index in [1.807, 2.05) is 33.8 Å². The average molecular weight is 824 g/mol. The molecule has 0 bridgehead atoms. The summed E-state index contributed by atoms with van der Waals surface area (Å²) in [6.45, 7) is 15.6. The first-order valence-electron chi connectivity index (χ1n) is 20.8. The van der Waals surface area contributed by atoms with Crippen LogP contribution < -0.4 is 21.7 Å². The minimum Gasteiger partial charge on any atom is -0.444 e. The molecule has 5 N–H and O–H groups in total. The molecule has 0 radical (unpaired) electrons. The van der Waals surface area contributed by atoms with Crippen molar-refractivity contribution >= 4 is 35.4 Å². The highest BCUT2D eigenvalue weighted by molar-refractivity contribution is 5.89. The summed E-state index contributed by atoms with van der Waals surface area (Å²) >= 11 is 0. The number of likely N-dealkylation sites (tertiary alicyclic amines) is 1. The summed E-state index contributed by atoms with van der Waals surface area (Å²) in [4.78, 5) is 75.2. The number of carbonyl (C=O) groups excluding carboxylic acids is 5. The fraction of sp³-hybridized carbons (Fsp3) is 0.636. The number of nitrogens with one attached hydrogen (secondary N) is 3. The molecule has 2 heterocycles. The Kier molecular flexibility index (Phi) is 18.7. The fourth-order valence-corrected chi connectivity index (χ4v) is 7.51. The van der Waals surface area contributed by atoms with Crippen LogP contribution in [-0.4, -0.2) is 114 Å². The zero-order chi connectivity index (χ0) is 44.0. The third-order valence-corrected chi connectivity index (χ3v) is 11.1. The van der Waals surface area contributed by atoms with E-state index in [1.165, 1.54) is 7.11 Å². The SMILES string of the molecule is CC[C@H](C)[C@@H]([C@@H](CC(=O)N1CCC[C@H]1[C@H](OC)[C@@H](C)C(=O)N[C@@H](Cc1ccccn1)C(=O)NCc1ccc(NC(=O)OC(C)(C)C)cc1)OC)N(C)C(=O)[C@@H](N)C(C)C. The quantitative estimate of drug-likeness (QED) is 0.146. The Bertz CT molecular complexity index is 1670. The lowest BCUT2D eigenvalue weighted by atomic mass is 9.89. The van der Waals surface area contributed by atoms with E-state index in [0.29, 0.717) is 24.3 Å². The van der Waals surface area contributed by atoms with Gasteiger partial charge in [-0.15, -0.1) is 0 Å². The van der Waals surface area contributed by atoms with Gasteiger partial charge in [-0.3, -0.25) is 29.5 Å². The first kappa shape index (κ1) is 48.8. The van der Waals surface area contributed by atoms with Crippen LogP contribution in [0.2, 0.25) is 0 Å². The molecule has 5 amide bonds. The third kappa shape index (κ3) is 14.3. The van der Waals surface area contributed by atoms with Crippen molar-refractivity contribution in [1.82, 2.24) is 25.4 Å². The number of likely N-dealkylation sites (N-methyl/N-ethyl adjacent to an activating group) is 1. The second kappa shape index (κ2) is 22.7. The number of nitrogens with zero attached hydrogens (tertiary/aromatic N) is 3. The number of pyridine rings is 1. The highest BCUT2D eigenvalue weighted by atomic mass is 16.6. The van der Waals surface area contributed by atoms with Gasteiger partial charge in [-0.2, -0.15) is 0 Å². The standard InChI is InChI=1S/C44H69N7O8/c1-12-28(4)38(50(9)42(55)37(45)27(2)3)35(57-10)25-36(52)51-23-15-17-34(51)39(58-11)29(5)40(53)49-33(24-32-16-13-14-22-46-32)41(54)47-26-30-18-20-31(21-19-30)48-43(56)59-44(6,7)8/h13-14,16,18-22,27-29,33-35,37-39H,12,15,17,23-26,45H2,1-11H3,(H,47,54)(H,48,56)(H,49,53)/t28-,29+,33-,34-,35+,37-,38-,39+/m0/s1. The highest BCUT2D eigenvalue weighted by Crippen LogP contribution is 2.29. The Morgan fingerprint density at radius 3 is 2.22 bits per heavy atom. The Morgan fingerprint density at radius 1 is 0.983 bits per heavy atom. The molecule has 1 aliphatic rings. The number of methoxy groups -OCH3 is 2. The molecule has 328 valence electrons. The molecule has 15 nitrogen and oxygen atoms in total. The Morgan fingerprint density at radius 2 is 1.66 bits per heavy atom. The number of ether oxygens (including phenoxy) is 3. The van der Waals surface area contributed by atoms with Crippen LogP contribution in [-0.2, 0) is 46.4 Å². The molecule has 1 aromatic carbocycles. The lowest BCUT2D eigenvalue weighted by Gasteiger charge is -2.40. The molecule has 0 spiro atoms. The topological polar surface area (TPSA) is 195 Å². The monoisotopic (exact) mass is 824 g/mol. The first-order chi connectivity index (χ1) is 27.8. The lowest BCUT2D eigenvalue weighted by Crippen LogP contribution is -2.56. The molecule has 1 aliphatic heterocycles. The lowest BCUT2D eigenvalue weighted by molar-refractivity contribution is -0.146. The predicted molar refractivity (Wildman–Crippen MR) is 227 cm³/mol. The van der Waals surface area contributed by atoms with Gasteiger partial charge < -0.3 is 40.4 Å². The van der Waals surface area contributed by atoms with Crippen molar-refractivity contribution in [3.05, 3.63) is 59.9 Å². The average Bonchev–Trinajstić information content (AvgIpc) is 3.68. The van der Waals surface area contributed by atoms with Gasteiger partial charge in [-0.1, -0.05) is 59.2 Å². The molecule has 1 saturated heterocycles. The normalized spacial score (nSPS) is 17.8. The number of hydrogen-bond donors (Lipinski definition) is 4. The van der Waals surface area contributed by atoms with Crippen LogP contribution in [0, 0.1) is 17.8 Å². The molecule has 59 heavy (non-hydrogen) atoms. The van der Waals surface area contributed by atoms with Crippen LogP contribution in [0.3, 0.4) is 0 Å². The van der Waals surface area contributed by atoms with Crippen molar-refractivity contribution in [2.24, 2.45) is 23.5 Å². The van der Waals surface area contributed by atoms with E-state index in [9.17, 15) is 24.0 Å². The molecule has 0 unspecified atom stereocenters. The molecule has 3 rings (SSSR count). The highest BCUT2D eigenvalue weighted by Gasteiger charge is 2.43. The molecule has 1 aromatic heterocycles. The van der Waals surface area contributed by atoms with Crippen molar-refractivity contribution < 1.29 is 38.2 Å². The molecule has 2 aromatic rings. The van der Waals surface area contributed by atoms with Crippen LogP contribution in [0.15, 0.2) is 48.7 Å². The molecule has 0 aliphatic carbocycles. The second-order valence-electron chi connectivity index (χ2n) is 17.0. The first-order valence-corrected chi connectivity index (χ1v) is 20.8. The van der Waals surface area contributed by atoms with Gasteiger partial charge in [0.25, 0.3) is 0 Å². The van der Waals surface area contributed by atoms with Gasteiger partial charge in [-0.05, 0) is 75.3 Å². The number of hydrogen-bond acceptors (Lipinski definition) is 10. The van der Waals surface area contributed by atoms with E-state index in [-0.39, 0.29) is 43.0 Å². The summed E-state index contributed by atoms with van der Waals surface area (Å²) in [7, 11) is 4.81. The van der Waals surface area contributed by atoms with Crippen molar-refractivity contribution in [2.75, 3.05) is 33.1 Å². The molecule has 0 saturated carbocycles. The minimum atomic E-state index is -0.963. The summed E-state index contributed by atoms with van der Waals surface area (Å²) < 4.78 is 17.2. The smallest absolute Gasteiger partial charge is 0.412 e. The number of aromatic nitrogens is 1. The molecule has 15 heteroatoms. The van der Waals surface area contributed by atoms with Crippen LogP contribution in [0.1, 0.15) is 92.3 Å². The van der Waals surface area contributed by atoms with Gasteiger partial charge >= 0.3 is 6.09 Å². The van der Waals surface area contributed by atoms with Crippen LogP contribution in [0.25, 0.3) is 0 Å². The zero-order valence-corrected chi connectivity index (χ0v) is 36.9. The summed E-state index contributed by atoms with van der Waals surface area (Å²) in [6.07, 6.45) is 2.08. The van der Waals surface area contributed by atoms with Gasteiger partial charge in [0.05, 0.1) is 42.7 Å². The van der Waals surface area contributed by atoms with Gasteiger partial charge in [0.15, 0.2) is 0 Å². The predicted octanol–water partition coefficient (Wildman–Crippen LogP) is 4.68. The number of carbonyl (C=O) groups is 5. The summed E-state index contributed by atoms with van der Waals surface area (Å²) in [5.74, 6) is -1.93. The summed E-state index contributed by atoms with van der Waals surface area (Å²) in [5.41, 5.74) is 7.57. The third-order valence-electron chi connectivity index (χ3n) is 11.1. The number of anilines is 1. The fourth-order valence-electron chi connectivity index (χ4n) is 7.51. The largest absolute Gasteiger partial charge is 0.444 e. The van der Waals surface area contributed by atoms with Crippen molar-refractivity contribution in [1.29, 1.82) is 0 Å². The summed E-state index contributed by atoms with van der Waals surface area (Å²) in [6, 6.07) is 9.92. The van der Waals surface area contributed by atoms with Crippen LogP contribution >= 0.6 is 0 Å². The molecular formula is C44H69N7O8. The molecule has 8 atom stereocenters. The van der Waals surface area contributed by atoms with E-state index in [4.69, 9.17) is 19.9 Å². The maximum atomic E-state index is 14.1. The van der Waals surface area contributed by atoms with Crippen molar-refractivity contribution in [2.45, 2.75) is 136 Å². The van der Waals surface area contributed by atoms with E-state index in [1.54, 1.807) is 94.2 Å². The molecule has 1 fully saturated rings. The van der Waals surface area contributed by atoms with E-state index >= 15 is 0 Å². The number of rotatable bonds is 20. The Labute approximate surface area is 350 Å². The van der Waals surface area contributed by atoms with Gasteiger partial charge in [-0.25, -0.2) is 4.79 Å². The van der Waals surface area contributed by atoms with Crippen molar-refractivity contribution in [3.63, 3.8) is 0 Å². The number of amides is 5. The van der Waals surface area contributed by atoms with Gasteiger partial charge in [0, 0.05) is 58.4 Å². The van der Waals surface area contributed by atoms with Gasteiger partial charge in [0.2, 0.25) is 23.6 Å². The minimum absolute atomic E-state index is 0.0239. The number of nitrogens with two attached hydrogens (primary N) is 1. The van der Waals surface area contributed by atoms with Crippen LogP contribution in [0.4, 0.5) is 10.5 Å². The van der Waals surface area contributed by atoms with E-state index in [2.05, 4.69) is 20.9 Å². The second-order valence-corrected chi connectivity index (χ2v) is 17.0. The Hall–Kier alpha value is -4.60. The summed E-state index contributed by atoms with van der Waals surface area (Å²) in [5, 5.41) is 8.56. The van der Waals surface area contributed by atoms with E-state index in [0.717, 1.165) is 18.4 Å². The van der Waals surface area contributed by atoms with Gasteiger partial charge in [0.1, 0.15) is 11.6 Å². The Balaban J connectivity index is 1.74. The van der Waals surface area contributed by atoms with E-state index < -0.39 is 65.8 Å². The zero-order valence-electron chi connectivity index (χ0n) is 36.9. The molecular weight excluding hydrogens is 755 g/mol. The number of benzene rings is 1. The van der Waals surface area contributed by atoms with Crippen molar-refractivity contribution in [3.8, 4) is 0 Å². The maximum Gasteiger partial charge on any atom is 0.412 e. The maximum absolute atomic E-state index is 14.1.